The summed E-state index contributed by atoms with van der Waals surface area (Å²) >= 11 is 1.51. The van der Waals surface area contributed by atoms with Crippen molar-refractivity contribution in [2.75, 3.05) is 25.5 Å². The minimum atomic E-state index is -1.43. The molecule has 6 rings (SSSR count). The first-order chi connectivity index (χ1) is 17.4. The number of nitrogens with one attached hydrogen (secondary N) is 2. The molecule has 4 aliphatic rings. The Morgan fingerprint density at radius 3 is 2.81 bits per heavy atom. The molecule has 2 N–H and O–H groups in total. The lowest BCUT2D eigenvalue weighted by Crippen LogP contribution is -2.49. The molecule has 2 aliphatic heterocycles. The fraction of sp³-hybridized carbons (Fsp3) is 0.440. The third-order valence-electron chi connectivity index (χ3n) is 7.46. The highest BCUT2D eigenvalue weighted by atomic mass is 32.1. The third-order valence-corrected chi connectivity index (χ3v) is 8.32. The number of amides is 5. The smallest absolute Gasteiger partial charge is 0.418 e. The molecule has 0 bridgehead atoms. The number of hydrogen-bond acceptors (Lipinski definition) is 7. The van der Waals surface area contributed by atoms with Gasteiger partial charge < -0.3 is 25.0 Å². The Kier molecular flexibility index (Phi) is 5.40. The molecule has 1 aromatic heterocycles. The van der Waals surface area contributed by atoms with Crippen molar-refractivity contribution >= 4 is 41.0 Å². The van der Waals surface area contributed by atoms with Crippen molar-refractivity contribution in [3.05, 3.63) is 46.3 Å². The molecule has 3 heterocycles. The van der Waals surface area contributed by atoms with Crippen molar-refractivity contribution in [1.82, 2.24) is 15.1 Å². The van der Waals surface area contributed by atoms with Gasteiger partial charge in [0, 0.05) is 30.3 Å². The molecule has 11 heteroatoms. The molecule has 2 atom stereocenters. The van der Waals surface area contributed by atoms with E-state index in [9.17, 15) is 19.2 Å². The van der Waals surface area contributed by atoms with Crippen LogP contribution in [0.1, 0.15) is 36.0 Å². The topological polar surface area (TPSA) is 117 Å². The van der Waals surface area contributed by atoms with Gasteiger partial charge in [-0.05, 0) is 54.3 Å². The van der Waals surface area contributed by atoms with Crippen LogP contribution >= 0.6 is 11.3 Å². The van der Waals surface area contributed by atoms with Crippen LogP contribution in [0.4, 0.5) is 15.3 Å². The van der Waals surface area contributed by atoms with Crippen LogP contribution in [-0.2, 0) is 32.9 Å². The SMILES string of the molecule is CNC(=O)Nc1ccc2c(c1)CC[C@]21OC(=O)N(CC(=O)N2Cc3ccsc3OC[C@H]2C2CC2)C1=O. The number of anilines is 1. The lowest BCUT2D eigenvalue weighted by Gasteiger charge is -2.30. The Morgan fingerprint density at radius 1 is 1.19 bits per heavy atom. The molecule has 2 aromatic rings. The first kappa shape index (κ1) is 22.8. The van der Waals surface area contributed by atoms with E-state index >= 15 is 0 Å². The van der Waals surface area contributed by atoms with Crippen LogP contribution in [0.2, 0.25) is 0 Å². The summed E-state index contributed by atoms with van der Waals surface area (Å²) in [5.74, 6) is -0.438. The molecule has 36 heavy (non-hydrogen) atoms. The van der Waals surface area contributed by atoms with E-state index in [2.05, 4.69) is 10.6 Å². The number of nitrogens with zero attached hydrogens (tertiary/aromatic N) is 2. The lowest BCUT2D eigenvalue weighted by molar-refractivity contribution is -0.143. The summed E-state index contributed by atoms with van der Waals surface area (Å²) in [5.41, 5.74) is 1.50. The van der Waals surface area contributed by atoms with Crippen LogP contribution < -0.4 is 15.4 Å². The highest BCUT2D eigenvalue weighted by Gasteiger charge is 2.58. The summed E-state index contributed by atoms with van der Waals surface area (Å²) in [6.45, 7) is 0.435. The van der Waals surface area contributed by atoms with Crippen LogP contribution in [0, 0.1) is 5.92 Å². The second-order valence-corrected chi connectivity index (χ2v) is 10.5. The first-order valence-electron chi connectivity index (χ1n) is 12.1. The fourth-order valence-electron chi connectivity index (χ4n) is 5.41. The second-order valence-electron chi connectivity index (χ2n) is 9.63. The van der Waals surface area contributed by atoms with E-state index in [0.717, 1.165) is 33.9 Å². The molecule has 2 fully saturated rings. The maximum atomic E-state index is 13.6. The Morgan fingerprint density at radius 2 is 2.03 bits per heavy atom. The third kappa shape index (κ3) is 3.69. The summed E-state index contributed by atoms with van der Waals surface area (Å²) in [7, 11) is 1.52. The van der Waals surface area contributed by atoms with Gasteiger partial charge in [-0.3, -0.25) is 9.59 Å². The Balaban J connectivity index is 1.22. The Labute approximate surface area is 211 Å². The molecular weight excluding hydrogens is 484 g/mol. The fourth-order valence-corrected chi connectivity index (χ4v) is 6.19. The monoisotopic (exact) mass is 510 g/mol. The molecule has 188 valence electrons. The Hall–Kier alpha value is -3.60. The summed E-state index contributed by atoms with van der Waals surface area (Å²) in [5, 5.41) is 7.95. The zero-order chi connectivity index (χ0) is 25.0. The normalized spacial score (nSPS) is 24.6. The van der Waals surface area contributed by atoms with E-state index in [4.69, 9.17) is 9.47 Å². The van der Waals surface area contributed by atoms with Crippen molar-refractivity contribution < 1.29 is 28.7 Å². The Bertz CT molecular complexity index is 1270. The van der Waals surface area contributed by atoms with Gasteiger partial charge >= 0.3 is 12.1 Å². The average Bonchev–Trinajstić information content (AvgIpc) is 3.50. The maximum absolute atomic E-state index is 13.6. The van der Waals surface area contributed by atoms with E-state index in [0.29, 0.717) is 43.2 Å². The number of imide groups is 1. The van der Waals surface area contributed by atoms with Crippen LogP contribution in [0.3, 0.4) is 0 Å². The molecule has 10 nitrogen and oxygen atoms in total. The van der Waals surface area contributed by atoms with Crippen LogP contribution in [0.5, 0.6) is 5.06 Å². The van der Waals surface area contributed by atoms with Crippen molar-refractivity contribution in [3.8, 4) is 5.06 Å². The molecule has 1 saturated carbocycles. The van der Waals surface area contributed by atoms with E-state index in [1.54, 1.807) is 23.1 Å². The molecule has 0 radical (unpaired) electrons. The van der Waals surface area contributed by atoms with Gasteiger partial charge in [-0.25, -0.2) is 14.5 Å². The molecule has 0 unspecified atom stereocenters. The van der Waals surface area contributed by atoms with Gasteiger partial charge in [-0.1, -0.05) is 6.07 Å². The van der Waals surface area contributed by atoms with E-state index in [1.807, 2.05) is 11.4 Å². The van der Waals surface area contributed by atoms with Gasteiger partial charge in [0.05, 0.1) is 12.6 Å². The predicted molar refractivity (Wildman–Crippen MR) is 130 cm³/mol. The number of carbonyl (C=O) groups is 4. The number of benzene rings is 1. The van der Waals surface area contributed by atoms with Gasteiger partial charge in [0.15, 0.2) is 5.06 Å². The standard InChI is InChI=1S/C25H26N4O6S/c1-26-23(32)27-17-4-5-18-15(10-17)6-8-25(18)22(31)29(24(33)35-25)12-20(30)28-11-16-7-9-36-21(16)34-13-19(28)14-2-3-14/h4-5,7,9-10,14,19H,2-3,6,8,11-13H2,1H3,(H2,26,27,32)/t19-,25-/m0/s1. The van der Waals surface area contributed by atoms with Crippen molar-refractivity contribution in [2.24, 2.45) is 5.92 Å². The minimum absolute atomic E-state index is 0.0850. The number of carbonyl (C=O) groups excluding carboxylic acids is 4. The zero-order valence-corrected chi connectivity index (χ0v) is 20.6. The summed E-state index contributed by atoms with van der Waals surface area (Å²) in [4.78, 5) is 54.4. The molecule has 2 aliphatic carbocycles. The molecule has 1 saturated heterocycles. The van der Waals surface area contributed by atoms with Crippen molar-refractivity contribution in [3.63, 3.8) is 0 Å². The number of thiophene rings is 1. The van der Waals surface area contributed by atoms with E-state index < -0.39 is 17.6 Å². The molecule has 5 amide bonds. The van der Waals surface area contributed by atoms with Gasteiger partial charge in [0.1, 0.15) is 13.2 Å². The molecular formula is C25H26N4O6S. The van der Waals surface area contributed by atoms with Crippen molar-refractivity contribution in [2.45, 2.75) is 43.9 Å². The number of aryl methyl sites for hydroxylation is 1. The number of hydrogen-bond donors (Lipinski definition) is 2. The number of ether oxygens (including phenoxy) is 2. The van der Waals surface area contributed by atoms with Crippen LogP contribution in [0.25, 0.3) is 0 Å². The molecule has 1 aromatic carbocycles. The summed E-state index contributed by atoms with van der Waals surface area (Å²) in [6.07, 6.45) is 2.06. The molecule has 1 spiro atoms. The highest BCUT2D eigenvalue weighted by Crippen LogP contribution is 2.46. The number of urea groups is 1. The largest absolute Gasteiger partial charge is 0.482 e. The lowest BCUT2D eigenvalue weighted by atomic mass is 9.94. The van der Waals surface area contributed by atoms with E-state index in [1.165, 1.54) is 18.4 Å². The first-order valence-corrected chi connectivity index (χ1v) is 12.9. The van der Waals surface area contributed by atoms with Crippen LogP contribution in [-0.4, -0.2) is 60.0 Å². The van der Waals surface area contributed by atoms with E-state index in [-0.39, 0.29) is 24.5 Å². The average molecular weight is 511 g/mol. The van der Waals surface area contributed by atoms with Gasteiger partial charge in [0.2, 0.25) is 11.5 Å². The van der Waals surface area contributed by atoms with Crippen LogP contribution in [0.15, 0.2) is 29.6 Å². The highest BCUT2D eigenvalue weighted by molar-refractivity contribution is 7.12. The quantitative estimate of drug-likeness (QED) is 0.653. The van der Waals surface area contributed by atoms with Crippen molar-refractivity contribution in [1.29, 1.82) is 0 Å². The van der Waals surface area contributed by atoms with Gasteiger partial charge in [0.25, 0.3) is 5.91 Å². The van der Waals surface area contributed by atoms with Gasteiger partial charge in [-0.2, -0.15) is 0 Å². The van der Waals surface area contributed by atoms with Gasteiger partial charge in [-0.15, -0.1) is 11.3 Å². The summed E-state index contributed by atoms with van der Waals surface area (Å²) in [6, 6.07) is 6.67. The predicted octanol–water partition coefficient (Wildman–Crippen LogP) is 2.82. The number of rotatable bonds is 4. The number of fused-ring (bicyclic) bond motifs is 3. The maximum Gasteiger partial charge on any atom is 0.418 e. The zero-order valence-electron chi connectivity index (χ0n) is 19.7. The second kappa shape index (κ2) is 8.51. The minimum Gasteiger partial charge on any atom is -0.482 e. The summed E-state index contributed by atoms with van der Waals surface area (Å²) < 4.78 is 11.7.